The van der Waals surface area contributed by atoms with Gasteiger partial charge in [-0.25, -0.2) is 19.9 Å². The summed E-state index contributed by atoms with van der Waals surface area (Å²) in [7, 11) is 0. The van der Waals surface area contributed by atoms with Crippen LogP contribution in [0.15, 0.2) is 53.2 Å². The molecular weight excluding hydrogens is 359 g/mol. The first-order chi connectivity index (χ1) is 8.84. The summed E-state index contributed by atoms with van der Waals surface area (Å²) in [5.41, 5.74) is 0.944. The SMILES string of the molecule is Ic1cncnc1Sc1ncnc2ccccc12. The highest BCUT2D eigenvalue weighted by molar-refractivity contribution is 14.1. The van der Waals surface area contributed by atoms with Crippen molar-refractivity contribution in [2.75, 3.05) is 0 Å². The molecule has 0 radical (unpaired) electrons. The lowest BCUT2D eigenvalue weighted by atomic mass is 10.2. The van der Waals surface area contributed by atoms with Crippen molar-refractivity contribution in [3.63, 3.8) is 0 Å². The van der Waals surface area contributed by atoms with Crippen LogP contribution >= 0.6 is 34.4 Å². The number of hydrogen-bond donors (Lipinski definition) is 0. The van der Waals surface area contributed by atoms with E-state index in [-0.39, 0.29) is 0 Å². The fourth-order valence-corrected chi connectivity index (χ4v) is 2.98. The number of para-hydroxylation sites is 1. The second kappa shape index (κ2) is 5.15. The molecule has 2 heterocycles. The van der Waals surface area contributed by atoms with E-state index in [1.807, 2.05) is 24.3 Å². The third kappa shape index (κ3) is 2.30. The van der Waals surface area contributed by atoms with Gasteiger partial charge in [0.15, 0.2) is 0 Å². The molecule has 0 aliphatic carbocycles. The van der Waals surface area contributed by atoms with E-state index in [0.29, 0.717) is 0 Å². The molecule has 4 nitrogen and oxygen atoms in total. The van der Waals surface area contributed by atoms with Gasteiger partial charge >= 0.3 is 0 Å². The van der Waals surface area contributed by atoms with Crippen molar-refractivity contribution >= 4 is 45.3 Å². The van der Waals surface area contributed by atoms with E-state index in [1.54, 1.807) is 18.9 Å². The quantitative estimate of drug-likeness (QED) is 0.515. The van der Waals surface area contributed by atoms with Crippen molar-refractivity contribution in [2.45, 2.75) is 10.1 Å². The van der Waals surface area contributed by atoms with E-state index in [4.69, 9.17) is 0 Å². The van der Waals surface area contributed by atoms with Crippen LogP contribution in [0.3, 0.4) is 0 Å². The summed E-state index contributed by atoms with van der Waals surface area (Å²) in [6, 6.07) is 7.96. The summed E-state index contributed by atoms with van der Waals surface area (Å²) in [6.45, 7) is 0. The minimum absolute atomic E-state index is 0.912. The maximum absolute atomic E-state index is 4.33. The molecule has 0 aliphatic rings. The summed E-state index contributed by atoms with van der Waals surface area (Å²) in [4.78, 5) is 16.8. The predicted molar refractivity (Wildman–Crippen MR) is 78.4 cm³/mol. The third-order valence-corrected chi connectivity index (χ3v) is 4.53. The van der Waals surface area contributed by atoms with Crippen molar-refractivity contribution in [1.29, 1.82) is 0 Å². The van der Waals surface area contributed by atoms with E-state index in [0.717, 1.165) is 24.5 Å². The van der Waals surface area contributed by atoms with Crippen molar-refractivity contribution < 1.29 is 0 Å². The molecule has 3 rings (SSSR count). The molecule has 0 spiro atoms. The monoisotopic (exact) mass is 366 g/mol. The van der Waals surface area contributed by atoms with Gasteiger partial charge in [0, 0.05) is 11.6 Å². The van der Waals surface area contributed by atoms with Crippen molar-refractivity contribution in [3.05, 3.63) is 46.7 Å². The van der Waals surface area contributed by atoms with Crippen molar-refractivity contribution in [2.24, 2.45) is 0 Å². The van der Waals surface area contributed by atoms with Crippen molar-refractivity contribution in [1.82, 2.24) is 19.9 Å². The van der Waals surface area contributed by atoms with Crippen LogP contribution in [0.25, 0.3) is 10.9 Å². The fraction of sp³-hybridized carbons (Fsp3) is 0. The van der Waals surface area contributed by atoms with Crippen LogP contribution < -0.4 is 0 Å². The van der Waals surface area contributed by atoms with Gasteiger partial charge in [-0.1, -0.05) is 18.2 Å². The number of fused-ring (bicyclic) bond motifs is 1. The Morgan fingerprint density at radius 1 is 0.944 bits per heavy atom. The Hall–Kier alpha value is -1.28. The lowest BCUT2D eigenvalue weighted by molar-refractivity contribution is 1.01. The molecule has 0 aliphatic heterocycles. The van der Waals surface area contributed by atoms with Gasteiger partial charge in [-0.3, -0.25) is 0 Å². The molecule has 0 fully saturated rings. The molecule has 0 unspecified atom stereocenters. The molecule has 0 saturated carbocycles. The molecule has 18 heavy (non-hydrogen) atoms. The average Bonchev–Trinajstić information content (AvgIpc) is 2.42. The maximum Gasteiger partial charge on any atom is 0.119 e. The van der Waals surface area contributed by atoms with Gasteiger partial charge in [0.05, 0.1) is 9.09 Å². The van der Waals surface area contributed by atoms with Gasteiger partial charge in [-0.15, -0.1) is 0 Å². The van der Waals surface area contributed by atoms with Crippen LogP contribution in [0.5, 0.6) is 0 Å². The Balaban J connectivity index is 2.08. The molecule has 0 atom stereocenters. The topological polar surface area (TPSA) is 51.6 Å². The molecular formula is C12H7IN4S. The Kier molecular flexibility index (Phi) is 3.37. The normalized spacial score (nSPS) is 10.7. The van der Waals surface area contributed by atoms with E-state index >= 15 is 0 Å². The molecule has 0 saturated heterocycles. The molecule has 0 amide bonds. The fourth-order valence-electron chi connectivity index (χ4n) is 1.53. The van der Waals surface area contributed by atoms with Crippen LogP contribution in [0, 0.1) is 3.57 Å². The van der Waals surface area contributed by atoms with Crippen LogP contribution in [0.1, 0.15) is 0 Å². The third-order valence-electron chi connectivity index (χ3n) is 2.33. The average molecular weight is 366 g/mol. The second-order valence-electron chi connectivity index (χ2n) is 3.47. The highest BCUT2D eigenvalue weighted by Gasteiger charge is 2.08. The Bertz CT molecular complexity index is 699. The molecule has 3 aromatic rings. The van der Waals surface area contributed by atoms with Gasteiger partial charge < -0.3 is 0 Å². The molecule has 0 bridgehead atoms. The van der Waals surface area contributed by atoms with E-state index in [9.17, 15) is 0 Å². The van der Waals surface area contributed by atoms with Crippen LogP contribution in [0.4, 0.5) is 0 Å². The number of benzene rings is 1. The first-order valence-electron chi connectivity index (χ1n) is 5.18. The zero-order valence-electron chi connectivity index (χ0n) is 9.12. The molecule has 0 N–H and O–H groups in total. The second-order valence-corrected chi connectivity index (χ2v) is 5.61. The van der Waals surface area contributed by atoms with Gasteiger partial charge in [-0.2, -0.15) is 0 Å². The van der Waals surface area contributed by atoms with E-state index in [2.05, 4.69) is 42.5 Å². The zero-order valence-corrected chi connectivity index (χ0v) is 12.1. The molecule has 2 aromatic heterocycles. The number of rotatable bonds is 2. The Morgan fingerprint density at radius 3 is 2.67 bits per heavy atom. The van der Waals surface area contributed by atoms with Gasteiger partial charge in [0.2, 0.25) is 0 Å². The lowest BCUT2D eigenvalue weighted by Gasteiger charge is -2.04. The van der Waals surface area contributed by atoms with Crippen molar-refractivity contribution in [3.8, 4) is 0 Å². The minimum atomic E-state index is 0.912. The zero-order chi connectivity index (χ0) is 12.4. The number of halogens is 1. The van der Waals surface area contributed by atoms with E-state index in [1.165, 1.54) is 11.8 Å². The van der Waals surface area contributed by atoms with Gasteiger partial charge in [0.1, 0.15) is 22.7 Å². The lowest BCUT2D eigenvalue weighted by Crippen LogP contribution is -1.90. The van der Waals surface area contributed by atoms with Crippen LogP contribution in [0.2, 0.25) is 0 Å². The molecule has 88 valence electrons. The van der Waals surface area contributed by atoms with Gasteiger partial charge in [0.25, 0.3) is 0 Å². The smallest absolute Gasteiger partial charge is 0.119 e. The van der Waals surface area contributed by atoms with Crippen LogP contribution in [-0.2, 0) is 0 Å². The standard InChI is InChI=1S/C12H7IN4S/c13-9-5-14-6-16-12(9)18-11-8-3-1-2-4-10(8)15-7-17-11/h1-7H. The van der Waals surface area contributed by atoms with Gasteiger partial charge in [-0.05, 0) is 40.4 Å². The maximum atomic E-state index is 4.33. The first-order valence-corrected chi connectivity index (χ1v) is 7.07. The Morgan fingerprint density at radius 2 is 1.78 bits per heavy atom. The number of aromatic nitrogens is 4. The predicted octanol–water partition coefficient (Wildman–Crippen LogP) is 3.18. The summed E-state index contributed by atoms with van der Waals surface area (Å²) in [6.07, 6.45) is 4.92. The summed E-state index contributed by atoms with van der Waals surface area (Å²) in [5, 5.41) is 2.87. The molecule has 6 heteroatoms. The summed E-state index contributed by atoms with van der Waals surface area (Å²) in [5.74, 6) is 0. The summed E-state index contributed by atoms with van der Waals surface area (Å²) < 4.78 is 1.02. The number of hydrogen-bond acceptors (Lipinski definition) is 5. The largest absolute Gasteiger partial charge is 0.244 e. The number of nitrogens with zero attached hydrogens (tertiary/aromatic N) is 4. The summed E-state index contributed by atoms with van der Waals surface area (Å²) >= 11 is 3.76. The van der Waals surface area contributed by atoms with E-state index < -0.39 is 0 Å². The highest BCUT2D eigenvalue weighted by Crippen LogP contribution is 2.31. The Labute approximate surface area is 121 Å². The minimum Gasteiger partial charge on any atom is -0.244 e. The van der Waals surface area contributed by atoms with Crippen LogP contribution in [-0.4, -0.2) is 19.9 Å². The first kappa shape index (κ1) is 11.8. The highest BCUT2D eigenvalue weighted by atomic mass is 127. The molecule has 1 aromatic carbocycles.